The van der Waals surface area contributed by atoms with E-state index in [1.807, 2.05) is 34.1 Å². The molecule has 2 saturated heterocycles. The third kappa shape index (κ3) is 3.88. The maximum atomic E-state index is 12.9. The van der Waals surface area contributed by atoms with E-state index in [0.29, 0.717) is 12.0 Å². The van der Waals surface area contributed by atoms with Crippen molar-refractivity contribution in [2.45, 2.75) is 26.2 Å². The standard InChI is InChI=1S/C23H27N3O2/c1-18-5-4-6-21(17-18)24-13-15-25(16-14-24)23(28)19-8-10-20(11-9-19)26-12-3-2-7-22(26)27/h4-6,8-11,17H,2-3,7,12-16H2,1H3. The molecule has 0 spiro atoms. The molecule has 4 rings (SSSR count). The fourth-order valence-electron chi connectivity index (χ4n) is 4.04. The zero-order valence-corrected chi connectivity index (χ0v) is 16.4. The van der Waals surface area contributed by atoms with Crippen molar-refractivity contribution in [3.05, 3.63) is 59.7 Å². The van der Waals surface area contributed by atoms with Crippen molar-refractivity contribution >= 4 is 23.2 Å². The van der Waals surface area contributed by atoms with E-state index in [0.717, 1.165) is 51.3 Å². The molecule has 2 aliphatic heterocycles. The van der Waals surface area contributed by atoms with Gasteiger partial charge in [-0.15, -0.1) is 0 Å². The lowest BCUT2D eigenvalue weighted by Crippen LogP contribution is -2.48. The maximum absolute atomic E-state index is 12.9. The summed E-state index contributed by atoms with van der Waals surface area (Å²) in [5, 5.41) is 0. The number of nitrogens with zero attached hydrogens (tertiary/aromatic N) is 3. The third-order valence-corrected chi connectivity index (χ3v) is 5.68. The van der Waals surface area contributed by atoms with Gasteiger partial charge in [0.25, 0.3) is 5.91 Å². The minimum absolute atomic E-state index is 0.0698. The number of carbonyl (C=O) groups is 2. The van der Waals surface area contributed by atoms with Crippen LogP contribution in [0.4, 0.5) is 11.4 Å². The molecule has 5 nitrogen and oxygen atoms in total. The van der Waals surface area contributed by atoms with E-state index in [2.05, 4.69) is 36.1 Å². The second-order valence-electron chi connectivity index (χ2n) is 7.67. The van der Waals surface area contributed by atoms with E-state index in [1.165, 1.54) is 11.3 Å². The van der Waals surface area contributed by atoms with Crippen LogP contribution in [0.3, 0.4) is 0 Å². The number of hydrogen-bond acceptors (Lipinski definition) is 3. The first-order valence-electron chi connectivity index (χ1n) is 10.1. The number of aryl methyl sites for hydroxylation is 1. The average molecular weight is 377 g/mol. The lowest BCUT2D eigenvalue weighted by molar-refractivity contribution is -0.119. The average Bonchev–Trinajstić information content (AvgIpc) is 2.74. The highest BCUT2D eigenvalue weighted by molar-refractivity contribution is 5.97. The predicted molar refractivity (Wildman–Crippen MR) is 112 cm³/mol. The van der Waals surface area contributed by atoms with Gasteiger partial charge in [-0.25, -0.2) is 0 Å². The Balaban J connectivity index is 1.38. The molecule has 5 heteroatoms. The highest BCUT2D eigenvalue weighted by Gasteiger charge is 2.23. The van der Waals surface area contributed by atoms with E-state index in [4.69, 9.17) is 0 Å². The van der Waals surface area contributed by atoms with Gasteiger partial charge in [0, 0.05) is 56.1 Å². The highest BCUT2D eigenvalue weighted by Crippen LogP contribution is 2.23. The molecular weight excluding hydrogens is 350 g/mol. The highest BCUT2D eigenvalue weighted by atomic mass is 16.2. The summed E-state index contributed by atoms with van der Waals surface area (Å²) in [5.41, 5.74) is 4.06. The SMILES string of the molecule is Cc1cccc(N2CCN(C(=O)c3ccc(N4CCCCC4=O)cc3)CC2)c1. The van der Waals surface area contributed by atoms with Gasteiger partial charge in [-0.1, -0.05) is 12.1 Å². The first kappa shape index (κ1) is 18.5. The molecule has 0 unspecified atom stereocenters. The molecule has 0 N–H and O–H groups in total. The van der Waals surface area contributed by atoms with Gasteiger partial charge in [0.2, 0.25) is 5.91 Å². The fraction of sp³-hybridized carbons (Fsp3) is 0.391. The summed E-state index contributed by atoms with van der Waals surface area (Å²) in [6, 6.07) is 16.0. The Kier molecular flexibility index (Phi) is 5.33. The Morgan fingerprint density at radius 2 is 1.61 bits per heavy atom. The first-order valence-corrected chi connectivity index (χ1v) is 10.1. The molecule has 2 aromatic rings. The van der Waals surface area contributed by atoms with Gasteiger partial charge in [-0.3, -0.25) is 9.59 Å². The Hall–Kier alpha value is -2.82. The minimum atomic E-state index is 0.0698. The molecule has 0 atom stereocenters. The Morgan fingerprint density at radius 3 is 2.29 bits per heavy atom. The maximum Gasteiger partial charge on any atom is 0.253 e. The van der Waals surface area contributed by atoms with Gasteiger partial charge in [0.1, 0.15) is 0 Å². The summed E-state index contributed by atoms with van der Waals surface area (Å²) in [7, 11) is 0. The lowest BCUT2D eigenvalue weighted by Gasteiger charge is -2.36. The monoisotopic (exact) mass is 377 g/mol. The number of anilines is 2. The fourth-order valence-corrected chi connectivity index (χ4v) is 4.04. The molecule has 146 valence electrons. The molecule has 2 aromatic carbocycles. The molecule has 0 bridgehead atoms. The lowest BCUT2D eigenvalue weighted by atomic mass is 10.1. The summed E-state index contributed by atoms with van der Waals surface area (Å²) in [4.78, 5) is 31.0. The van der Waals surface area contributed by atoms with Crippen LogP contribution in [-0.2, 0) is 4.79 Å². The van der Waals surface area contributed by atoms with Crippen molar-refractivity contribution in [2.75, 3.05) is 42.5 Å². The summed E-state index contributed by atoms with van der Waals surface area (Å²) in [6.45, 7) is 6.00. The topological polar surface area (TPSA) is 43.9 Å². The smallest absolute Gasteiger partial charge is 0.253 e. The number of benzene rings is 2. The van der Waals surface area contributed by atoms with Crippen LogP contribution < -0.4 is 9.80 Å². The van der Waals surface area contributed by atoms with Crippen LogP contribution in [0.15, 0.2) is 48.5 Å². The molecule has 2 amide bonds. The van der Waals surface area contributed by atoms with Gasteiger partial charge in [-0.2, -0.15) is 0 Å². The van der Waals surface area contributed by atoms with Crippen LogP contribution >= 0.6 is 0 Å². The van der Waals surface area contributed by atoms with E-state index in [9.17, 15) is 9.59 Å². The van der Waals surface area contributed by atoms with Gasteiger partial charge >= 0.3 is 0 Å². The van der Waals surface area contributed by atoms with Gasteiger partial charge in [0.15, 0.2) is 0 Å². The molecule has 0 aliphatic carbocycles. The van der Waals surface area contributed by atoms with Crippen LogP contribution in [0.5, 0.6) is 0 Å². The molecule has 2 heterocycles. The second kappa shape index (κ2) is 8.05. The van der Waals surface area contributed by atoms with E-state index in [-0.39, 0.29) is 11.8 Å². The number of amides is 2. The van der Waals surface area contributed by atoms with Crippen molar-refractivity contribution in [3.63, 3.8) is 0 Å². The number of piperidine rings is 1. The number of piperazine rings is 1. The molecule has 28 heavy (non-hydrogen) atoms. The number of carbonyl (C=O) groups excluding carboxylic acids is 2. The normalized spacial score (nSPS) is 17.8. The predicted octanol–water partition coefficient (Wildman–Crippen LogP) is 3.47. The zero-order chi connectivity index (χ0) is 19.5. The minimum Gasteiger partial charge on any atom is -0.368 e. The van der Waals surface area contributed by atoms with Crippen molar-refractivity contribution in [1.82, 2.24) is 4.90 Å². The molecule has 0 aromatic heterocycles. The molecule has 2 fully saturated rings. The molecule has 0 radical (unpaired) electrons. The van der Waals surface area contributed by atoms with Gasteiger partial charge < -0.3 is 14.7 Å². The van der Waals surface area contributed by atoms with Crippen molar-refractivity contribution in [1.29, 1.82) is 0 Å². The van der Waals surface area contributed by atoms with E-state index < -0.39 is 0 Å². The number of rotatable bonds is 3. The van der Waals surface area contributed by atoms with Crippen molar-refractivity contribution in [2.24, 2.45) is 0 Å². The Labute approximate surface area is 166 Å². The van der Waals surface area contributed by atoms with E-state index >= 15 is 0 Å². The van der Waals surface area contributed by atoms with Crippen LogP contribution in [0, 0.1) is 6.92 Å². The van der Waals surface area contributed by atoms with Crippen molar-refractivity contribution < 1.29 is 9.59 Å². The first-order chi connectivity index (χ1) is 13.6. The second-order valence-corrected chi connectivity index (χ2v) is 7.67. The van der Waals surface area contributed by atoms with Crippen molar-refractivity contribution in [3.8, 4) is 0 Å². The zero-order valence-electron chi connectivity index (χ0n) is 16.4. The third-order valence-electron chi connectivity index (χ3n) is 5.68. The Morgan fingerprint density at radius 1 is 0.857 bits per heavy atom. The Bertz CT molecular complexity index is 854. The molecule has 0 saturated carbocycles. The molecular formula is C23H27N3O2. The summed E-state index contributed by atoms with van der Waals surface area (Å²) in [6.07, 6.45) is 2.63. The van der Waals surface area contributed by atoms with Gasteiger partial charge in [-0.05, 0) is 61.7 Å². The summed E-state index contributed by atoms with van der Waals surface area (Å²) >= 11 is 0. The molecule has 2 aliphatic rings. The number of hydrogen-bond donors (Lipinski definition) is 0. The van der Waals surface area contributed by atoms with Crippen LogP contribution in [0.2, 0.25) is 0 Å². The van der Waals surface area contributed by atoms with Crippen LogP contribution in [-0.4, -0.2) is 49.4 Å². The van der Waals surface area contributed by atoms with Crippen LogP contribution in [0.1, 0.15) is 35.2 Å². The summed E-state index contributed by atoms with van der Waals surface area (Å²) < 4.78 is 0. The van der Waals surface area contributed by atoms with E-state index in [1.54, 1.807) is 0 Å². The van der Waals surface area contributed by atoms with Crippen LogP contribution in [0.25, 0.3) is 0 Å². The summed E-state index contributed by atoms with van der Waals surface area (Å²) in [5.74, 6) is 0.248. The largest absolute Gasteiger partial charge is 0.368 e. The van der Waals surface area contributed by atoms with Gasteiger partial charge in [0.05, 0.1) is 0 Å². The quantitative estimate of drug-likeness (QED) is 0.823.